The molecule has 1 heterocycles. The van der Waals surface area contributed by atoms with Crippen LogP contribution >= 0.6 is 0 Å². The number of aryl methyl sites for hydroxylation is 3. The zero-order valence-electron chi connectivity index (χ0n) is 16.3. The minimum absolute atomic E-state index is 0.287. The van der Waals surface area contributed by atoms with Crippen molar-refractivity contribution in [1.29, 1.82) is 0 Å². The van der Waals surface area contributed by atoms with Crippen LogP contribution in [0.3, 0.4) is 0 Å². The van der Waals surface area contributed by atoms with Crippen molar-refractivity contribution in [3.05, 3.63) is 83.9 Å². The third kappa shape index (κ3) is 3.31. The van der Waals surface area contributed by atoms with E-state index in [0.717, 1.165) is 16.8 Å². The second-order valence-electron chi connectivity index (χ2n) is 7.34. The predicted molar refractivity (Wildman–Crippen MR) is 116 cm³/mol. The number of nitrogens with zero attached hydrogens (tertiary/aromatic N) is 1. The van der Waals surface area contributed by atoms with Gasteiger partial charge in [0.25, 0.3) is 0 Å². The number of amides is 1. The first-order chi connectivity index (χ1) is 13.5. The van der Waals surface area contributed by atoms with Crippen molar-refractivity contribution in [1.82, 2.24) is 4.57 Å². The number of nitrogens with two attached hydrogens (primary N) is 1. The fourth-order valence-electron chi connectivity index (χ4n) is 3.78. The van der Waals surface area contributed by atoms with Crippen LogP contribution < -0.4 is 5.73 Å². The molecule has 1 amide bonds. The molecule has 0 aliphatic rings. The first-order valence-corrected chi connectivity index (χ1v) is 9.58. The van der Waals surface area contributed by atoms with Gasteiger partial charge in [0.15, 0.2) is 0 Å². The fraction of sp³-hybridized carbons (Fsp3) is 0.160. The molecule has 140 valence electrons. The first kappa shape index (κ1) is 18.1. The molecule has 3 aromatic carbocycles. The summed E-state index contributed by atoms with van der Waals surface area (Å²) < 4.78 is 2.24. The highest BCUT2D eigenvalue weighted by Gasteiger charge is 2.20. The molecule has 0 spiro atoms. The van der Waals surface area contributed by atoms with Gasteiger partial charge < -0.3 is 10.3 Å². The van der Waals surface area contributed by atoms with E-state index in [2.05, 4.69) is 85.1 Å². The highest BCUT2D eigenvalue weighted by molar-refractivity contribution is 6.04. The minimum atomic E-state index is -0.287. The van der Waals surface area contributed by atoms with Crippen LogP contribution in [0.5, 0.6) is 0 Å². The Labute approximate surface area is 165 Å². The van der Waals surface area contributed by atoms with E-state index in [4.69, 9.17) is 5.73 Å². The zero-order chi connectivity index (χ0) is 19.7. The summed E-state index contributed by atoms with van der Waals surface area (Å²) in [5.74, 6) is -0.287. The van der Waals surface area contributed by atoms with Gasteiger partial charge in [0.05, 0.1) is 5.69 Å². The van der Waals surface area contributed by atoms with Crippen LogP contribution in [0.1, 0.15) is 17.5 Å². The van der Waals surface area contributed by atoms with Crippen LogP contribution in [0.4, 0.5) is 0 Å². The summed E-state index contributed by atoms with van der Waals surface area (Å²) in [5, 5.41) is 1.19. The third-order valence-corrected chi connectivity index (χ3v) is 5.22. The lowest BCUT2D eigenvalue weighted by atomic mass is 9.97. The summed E-state index contributed by atoms with van der Waals surface area (Å²) in [6, 6.07) is 25.6. The van der Waals surface area contributed by atoms with Crippen molar-refractivity contribution in [3.63, 3.8) is 0 Å². The SMILES string of the molecule is Cc1ccc(-c2c(-c3ccc(C)cc3)n(CCC(N)=O)c3ccccc23)cc1. The van der Waals surface area contributed by atoms with Gasteiger partial charge in [-0.15, -0.1) is 0 Å². The van der Waals surface area contributed by atoms with Gasteiger partial charge in [-0.25, -0.2) is 0 Å². The zero-order valence-corrected chi connectivity index (χ0v) is 16.3. The van der Waals surface area contributed by atoms with Crippen molar-refractivity contribution in [2.45, 2.75) is 26.8 Å². The van der Waals surface area contributed by atoms with Crippen LogP contribution in [0.2, 0.25) is 0 Å². The van der Waals surface area contributed by atoms with Gasteiger partial charge in [-0.1, -0.05) is 77.9 Å². The largest absolute Gasteiger partial charge is 0.370 e. The summed E-state index contributed by atoms with van der Waals surface area (Å²) in [7, 11) is 0. The molecule has 0 radical (unpaired) electrons. The Bertz CT molecular complexity index is 1140. The van der Waals surface area contributed by atoms with Gasteiger partial charge >= 0.3 is 0 Å². The standard InChI is InChI=1S/C25H24N2O/c1-17-7-11-19(12-8-17)24-21-5-3-4-6-22(21)27(16-15-23(26)28)25(24)20-13-9-18(2)10-14-20/h3-14H,15-16H2,1-2H3,(H2,26,28). The van der Waals surface area contributed by atoms with Crippen molar-refractivity contribution < 1.29 is 4.79 Å². The molecule has 0 aliphatic heterocycles. The molecular formula is C25H24N2O. The van der Waals surface area contributed by atoms with Crippen LogP contribution in [0.25, 0.3) is 33.3 Å². The average molecular weight is 368 g/mol. The van der Waals surface area contributed by atoms with E-state index in [9.17, 15) is 4.79 Å². The third-order valence-electron chi connectivity index (χ3n) is 5.22. The number of para-hydroxylation sites is 1. The summed E-state index contributed by atoms with van der Waals surface area (Å²) in [5.41, 5.74) is 13.7. The topological polar surface area (TPSA) is 48.0 Å². The highest BCUT2D eigenvalue weighted by atomic mass is 16.1. The Balaban J connectivity index is 2.05. The van der Waals surface area contributed by atoms with Crippen molar-refractivity contribution >= 4 is 16.8 Å². The Morgan fingerprint density at radius 3 is 2.00 bits per heavy atom. The molecular weight excluding hydrogens is 344 g/mol. The minimum Gasteiger partial charge on any atom is -0.370 e. The molecule has 0 aliphatic carbocycles. The van der Waals surface area contributed by atoms with Crippen molar-refractivity contribution in [3.8, 4) is 22.4 Å². The lowest BCUT2D eigenvalue weighted by molar-refractivity contribution is -0.118. The van der Waals surface area contributed by atoms with Gasteiger partial charge in [0.1, 0.15) is 0 Å². The molecule has 28 heavy (non-hydrogen) atoms. The lowest BCUT2D eigenvalue weighted by Gasteiger charge is -2.13. The molecule has 0 saturated heterocycles. The molecule has 2 N–H and O–H groups in total. The van der Waals surface area contributed by atoms with E-state index >= 15 is 0 Å². The normalized spacial score (nSPS) is 11.1. The predicted octanol–water partition coefficient (Wildman–Crippen LogP) is 5.47. The lowest BCUT2D eigenvalue weighted by Crippen LogP contribution is -2.14. The Kier molecular flexibility index (Phi) is 4.74. The number of carbonyl (C=O) groups excluding carboxylic acids is 1. The molecule has 3 heteroatoms. The van der Waals surface area contributed by atoms with Gasteiger partial charge in [-0.3, -0.25) is 4.79 Å². The molecule has 0 atom stereocenters. The highest BCUT2D eigenvalue weighted by Crippen LogP contribution is 2.41. The van der Waals surface area contributed by atoms with Crippen LogP contribution in [0.15, 0.2) is 72.8 Å². The number of fused-ring (bicyclic) bond motifs is 1. The summed E-state index contributed by atoms with van der Waals surface area (Å²) in [6.07, 6.45) is 0.310. The maximum Gasteiger partial charge on any atom is 0.219 e. The molecule has 0 unspecified atom stereocenters. The fourth-order valence-corrected chi connectivity index (χ4v) is 3.78. The average Bonchev–Trinajstić information content (AvgIpc) is 3.02. The monoisotopic (exact) mass is 368 g/mol. The Morgan fingerprint density at radius 2 is 1.39 bits per heavy atom. The van der Waals surface area contributed by atoms with E-state index in [1.165, 1.54) is 27.6 Å². The molecule has 0 fully saturated rings. The van der Waals surface area contributed by atoms with E-state index in [0.29, 0.717) is 13.0 Å². The van der Waals surface area contributed by atoms with E-state index in [1.807, 2.05) is 6.07 Å². The molecule has 0 bridgehead atoms. The second kappa shape index (κ2) is 7.35. The number of carbonyl (C=O) groups is 1. The van der Waals surface area contributed by atoms with Crippen LogP contribution in [-0.2, 0) is 11.3 Å². The number of aromatic nitrogens is 1. The van der Waals surface area contributed by atoms with Gasteiger partial charge in [-0.2, -0.15) is 0 Å². The molecule has 1 aromatic heterocycles. The van der Waals surface area contributed by atoms with Crippen LogP contribution in [-0.4, -0.2) is 10.5 Å². The summed E-state index contributed by atoms with van der Waals surface area (Å²) in [4.78, 5) is 11.5. The smallest absolute Gasteiger partial charge is 0.219 e. The van der Waals surface area contributed by atoms with Gasteiger partial charge in [-0.05, 0) is 31.0 Å². The molecule has 4 aromatic rings. The van der Waals surface area contributed by atoms with E-state index in [1.54, 1.807) is 0 Å². The number of hydrogen-bond acceptors (Lipinski definition) is 1. The van der Waals surface area contributed by atoms with E-state index in [-0.39, 0.29) is 5.91 Å². The summed E-state index contributed by atoms with van der Waals surface area (Å²) in [6.45, 7) is 4.75. The van der Waals surface area contributed by atoms with Gasteiger partial charge in [0, 0.05) is 29.4 Å². The molecule has 4 rings (SSSR count). The van der Waals surface area contributed by atoms with Gasteiger partial charge in [0.2, 0.25) is 5.91 Å². The Morgan fingerprint density at radius 1 is 0.821 bits per heavy atom. The van der Waals surface area contributed by atoms with Crippen molar-refractivity contribution in [2.24, 2.45) is 5.73 Å². The number of hydrogen-bond donors (Lipinski definition) is 1. The maximum absolute atomic E-state index is 11.5. The molecule has 0 saturated carbocycles. The Hall–Kier alpha value is -3.33. The number of benzene rings is 3. The van der Waals surface area contributed by atoms with Crippen molar-refractivity contribution in [2.75, 3.05) is 0 Å². The first-order valence-electron chi connectivity index (χ1n) is 9.58. The van der Waals surface area contributed by atoms with Crippen LogP contribution in [0, 0.1) is 13.8 Å². The second-order valence-corrected chi connectivity index (χ2v) is 7.34. The van der Waals surface area contributed by atoms with E-state index < -0.39 is 0 Å². The number of rotatable bonds is 5. The number of primary amides is 1. The maximum atomic E-state index is 11.5. The molecule has 3 nitrogen and oxygen atoms in total. The summed E-state index contributed by atoms with van der Waals surface area (Å²) >= 11 is 0. The quantitative estimate of drug-likeness (QED) is 0.499.